The summed E-state index contributed by atoms with van der Waals surface area (Å²) >= 11 is 11.9. The molecule has 1 aliphatic heterocycles. The molecule has 1 aromatic carbocycles. The molecule has 0 spiro atoms. The summed E-state index contributed by atoms with van der Waals surface area (Å²) in [4.78, 5) is 32.8. The maximum atomic E-state index is 12.7. The SMILES string of the molecule is CC(C)c1ccc(C(=O)N2CCN(C(=O)c3nc(Cl)ccc3Cl)CC2)cc1. The molecule has 0 atom stereocenters. The highest BCUT2D eigenvalue weighted by Gasteiger charge is 2.27. The predicted molar refractivity (Wildman–Crippen MR) is 107 cm³/mol. The lowest BCUT2D eigenvalue weighted by Gasteiger charge is -2.34. The van der Waals surface area contributed by atoms with Crippen molar-refractivity contribution in [2.24, 2.45) is 0 Å². The molecule has 0 saturated carbocycles. The highest BCUT2D eigenvalue weighted by atomic mass is 35.5. The molecular formula is C20H21Cl2N3O2. The molecule has 142 valence electrons. The van der Waals surface area contributed by atoms with Gasteiger partial charge in [0.1, 0.15) is 10.8 Å². The van der Waals surface area contributed by atoms with Crippen LogP contribution in [0.1, 0.15) is 46.2 Å². The summed E-state index contributed by atoms with van der Waals surface area (Å²) in [6.07, 6.45) is 0. The second-order valence-electron chi connectivity index (χ2n) is 6.83. The average molecular weight is 406 g/mol. The van der Waals surface area contributed by atoms with Crippen molar-refractivity contribution in [2.75, 3.05) is 26.2 Å². The Balaban J connectivity index is 1.63. The van der Waals surface area contributed by atoms with E-state index in [-0.39, 0.29) is 27.7 Å². The van der Waals surface area contributed by atoms with Crippen molar-refractivity contribution in [3.63, 3.8) is 0 Å². The molecule has 5 nitrogen and oxygen atoms in total. The van der Waals surface area contributed by atoms with Crippen LogP contribution in [0.5, 0.6) is 0 Å². The Morgan fingerprint density at radius 1 is 0.889 bits per heavy atom. The summed E-state index contributed by atoms with van der Waals surface area (Å²) in [5.74, 6) is 0.142. The first-order valence-corrected chi connectivity index (χ1v) is 9.63. The minimum atomic E-state index is -0.268. The number of pyridine rings is 1. The van der Waals surface area contributed by atoms with E-state index in [9.17, 15) is 9.59 Å². The van der Waals surface area contributed by atoms with Gasteiger partial charge in [0.15, 0.2) is 0 Å². The number of rotatable bonds is 3. The second-order valence-corrected chi connectivity index (χ2v) is 7.62. The number of amides is 2. The van der Waals surface area contributed by atoms with E-state index in [1.807, 2.05) is 24.3 Å². The number of carbonyl (C=O) groups is 2. The summed E-state index contributed by atoms with van der Waals surface area (Å²) in [6, 6.07) is 10.8. The van der Waals surface area contributed by atoms with Gasteiger partial charge in [0, 0.05) is 31.7 Å². The van der Waals surface area contributed by atoms with Gasteiger partial charge in [-0.15, -0.1) is 0 Å². The van der Waals surface area contributed by atoms with Gasteiger partial charge in [-0.2, -0.15) is 0 Å². The van der Waals surface area contributed by atoms with Crippen LogP contribution in [0.3, 0.4) is 0 Å². The maximum absolute atomic E-state index is 12.7. The van der Waals surface area contributed by atoms with Gasteiger partial charge >= 0.3 is 0 Å². The molecule has 27 heavy (non-hydrogen) atoms. The van der Waals surface area contributed by atoms with Crippen LogP contribution >= 0.6 is 23.2 Å². The molecule has 2 aromatic rings. The van der Waals surface area contributed by atoms with Gasteiger partial charge in [0.05, 0.1) is 5.02 Å². The molecule has 0 radical (unpaired) electrons. The normalized spacial score (nSPS) is 14.6. The predicted octanol–water partition coefficient (Wildman–Crippen LogP) is 4.11. The first kappa shape index (κ1) is 19.6. The van der Waals surface area contributed by atoms with Crippen molar-refractivity contribution in [2.45, 2.75) is 19.8 Å². The molecule has 2 amide bonds. The van der Waals surface area contributed by atoms with Gasteiger partial charge in [0.25, 0.3) is 11.8 Å². The minimum Gasteiger partial charge on any atom is -0.335 e. The summed E-state index contributed by atoms with van der Waals surface area (Å²) in [7, 11) is 0. The number of benzene rings is 1. The van der Waals surface area contributed by atoms with Crippen LogP contribution < -0.4 is 0 Å². The number of hydrogen-bond acceptors (Lipinski definition) is 3. The molecule has 1 fully saturated rings. The van der Waals surface area contributed by atoms with Gasteiger partial charge in [-0.1, -0.05) is 49.2 Å². The van der Waals surface area contributed by atoms with Gasteiger partial charge in [-0.3, -0.25) is 9.59 Å². The van der Waals surface area contributed by atoms with Crippen LogP contribution in [0.2, 0.25) is 10.2 Å². The molecule has 1 aliphatic rings. The van der Waals surface area contributed by atoms with Crippen molar-refractivity contribution in [1.82, 2.24) is 14.8 Å². The number of hydrogen-bond donors (Lipinski definition) is 0. The lowest BCUT2D eigenvalue weighted by molar-refractivity contribution is 0.0532. The Labute approximate surface area is 168 Å². The first-order chi connectivity index (χ1) is 12.9. The Kier molecular flexibility index (Phi) is 6.02. The fourth-order valence-electron chi connectivity index (χ4n) is 3.02. The molecule has 0 bridgehead atoms. The Morgan fingerprint density at radius 2 is 1.44 bits per heavy atom. The summed E-state index contributed by atoms with van der Waals surface area (Å²) in [6.45, 7) is 6.03. The molecule has 0 unspecified atom stereocenters. The molecular weight excluding hydrogens is 385 g/mol. The zero-order valence-electron chi connectivity index (χ0n) is 15.3. The van der Waals surface area contributed by atoms with E-state index < -0.39 is 0 Å². The minimum absolute atomic E-state index is 0.0173. The lowest BCUT2D eigenvalue weighted by atomic mass is 10.0. The maximum Gasteiger partial charge on any atom is 0.274 e. The van der Waals surface area contributed by atoms with Gasteiger partial charge in [-0.05, 0) is 35.7 Å². The van der Waals surface area contributed by atoms with Crippen LogP contribution in [0.25, 0.3) is 0 Å². The van der Waals surface area contributed by atoms with Crippen molar-refractivity contribution in [1.29, 1.82) is 0 Å². The van der Waals surface area contributed by atoms with E-state index in [1.54, 1.807) is 21.9 Å². The van der Waals surface area contributed by atoms with Crippen LogP contribution in [0.15, 0.2) is 36.4 Å². The van der Waals surface area contributed by atoms with E-state index in [1.165, 1.54) is 5.56 Å². The summed E-state index contributed by atoms with van der Waals surface area (Å²) in [5.41, 5.74) is 2.01. The van der Waals surface area contributed by atoms with Gasteiger partial charge in [0.2, 0.25) is 0 Å². The van der Waals surface area contributed by atoms with Crippen molar-refractivity contribution < 1.29 is 9.59 Å². The monoisotopic (exact) mass is 405 g/mol. The van der Waals surface area contributed by atoms with E-state index >= 15 is 0 Å². The summed E-state index contributed by atoms with van der Waals surface area (Å²) in [5, 5.41) is 0.495. The zero-order valence-corrected chi connectivity index (χ0v) is 16.8. The first-order valence-electron chi connectivity index (χ1n) is 8.87. The van der Waals surface area contributed by atoms with Crippen LogP contribution in [0.4, 0.5) is 0 Å². The summed E-state index contributed by atoms with van der Waals surface area (Å²) < 4.78 is 0. The van der Waals surface area contributed by atoms with Crippen LogP contribution in [-0.4, -0.2) is 52.8 Å². The van der Waals surface area contributed by atoms with E-state index in [0.29, 0.717) is 37.7 Å². The molecule has 2 heterocycles. The van der Waals surface area contributed by atoms with Crippen LogP contribution in [-0.2, 0) is 0 Å². The van der Waals surface area contributed by atoms with Gasteiger partial charge in [-0.25, -0.2) is 4.98 Å². The molecule has 1 saturated heterocycles. The largest absolute Gasteiger partial charge is 0.335 e. The Bertz CT molecular complexity index is 845. The third-order valence-corrected chi connectivity index (χ3v) is 5.21. The Morgan fingerprint density at radius 3 is 2.00 bits per heavy atom. The van der Waals surface area contributed by atoms with Gasteiger partial charge < -0.3 is 9.80 Å². The number of aromatic nitrogens is 1. The molecule has 1 aromatic heterocycles. The quantitative estimate of drug-likeness (QED) is 0.721. The smallest absolute Gasteiger partial charge is 0.274 e. The standard InChI is InChI=1S/C20H21Cl2N3O2/c1-13(2)14-3-5-15(6-4-14)19(26)24-9-11-25(12-10-24)20(27)18-16(21)7-8-17(22)23-18/h3-8,13H,9-12H2,1-2H3. The Hall–Kier alpha value is -2.11. The molecule has 3 rings (SSSR count). The third kappa shape index (κ3) is 4.42. The zero-order chi connectivity index (χ0) is 19.6. The number of carbonyl (C=O) groups excluding carboxylic acids is 2. The van der Waals surface area contributed by atoms with E-state index in [4.69, 9.17) is 23.2 Å². The third-order valence-electron chi connectivity index (χ3n) is 4.69. The lowest BCUT2D eigenvalue weighted by Crippen LogP contribution is -2.50. The number of halogens is 2. The highest BCUT2D eigenvalue weighted by molar-refractivity contribution is 6.34. The molecule has 7 heteroatoms. The topological polar surface area (TPSA) is 53.5 Å². The fourth-order valence-corrected chi connectivity index (χ4v) is 3.36. The molecule has 0 aliphatic carbocycles. The van der Waals surface area contributed by atoms with E-state index in [2.05, 4.69) is 18.8 Å². The number of nitrogens with zero attached hydrogens (tertiary/aromatic N) is 3. The second kappa shape index (κ2) is 8.28. The number of piperazine rings is 1. The van der Waals surface area contributed by atoms with Crippen molar-refractivity contribution >= 4 is 35.0 Å². The average Bonchev–Trinajstić information content (AvgIpc) is 2.69. The van der Waals surface area contributed by atoms with E-state index in [0.717, 1.165) is 0 Å². The highest BCUT2D eigenvalue weighted by Crippen LogP contribution is 2.20. The van der Waals surface area contributed by atoms with Crippen LogP contribution in [0, 0.1) is 0 Å². The van der Waals surface area contributed by atoms with Crippen molar-refractivity contribution in [3.05, 3.63) is 63.4 Å². The molecule has 0 N–H and O–H groups in total. The van der Waals surface area contributed by atoms with Crippen molar-refractivity contribution in [3.8, 4) is 0 Å². The fraction of sp³-hybridized carbons (Fsp3) is 0.350.